The summed E-state index contributed by atoms with van der Waals surface area (Å²) in [7, 11) is 1.31. The first-order valence-electron chi connectivity index (χ1n) is 8.87. The summed E-state index contributed by atoms with van der Waals surface area (Å²) in [6.45, 7) is 0. The molecule has 2 aromatic carbocycles. The smallest absolute Gasteiger partial charge is 0.337 e. The van der Waals surface area contributed by atoms with E-state index in [9.17, 15) is 18.8 Å². The number of benzene rings is 2. The van der Waals surface area contributed by atoms with Gasteiger partial charge in [-0.05, 0) is 54.6 Å². The zero-order valence-electron chi connectivity index (χ0n) is 15.7. The van der Waals surface area contributed by atoms with Gasteiger partial charge in [-0.2, -0.15) is 0 Å². The van der Waals surface area contributed by atoms with Crippen molar-refractivity contribution in [2.45, 2.75) is 0 Å². The van der Waals surface area contributed by atoms with Crippen LogP contribution < -0.4 is 10.4 Å². The van der Waals surface area contributed by atoms with Gasteiger partial charge in [0.15, 0.2) is 0 Å². The minimum absolute atomic E-state index is 0.110. The monoisotopic (exact) mass is 406 g/mol. The zero-order valence-corrected chi connectivity index (χ0v) is 15.7. The van der Waals surface area contributed by atoms with Crippen molar-refractivity contribution in [3.05, 3.63) is 83.4 Å². The van der Waals surface area contributed by atoms with E-state index < -0.39 is 23.6 Å². The van der Waals surface area contributed by atoms with E-state index in [0.29, 0.717) is 28.3 Å². The van der Waals surface area contributed by atoms with Gasteiger partial charge in [-0.1, -0.05) is 12.1 Å². The molecule has 7 nitrogen and oxygen atoms in total. The number of hydrogen-bond donors (Lipinski definition) is 1. The van der Waals surface area contributed by atoms with Crippen LogP contribution in [0.2, 0.25) is 0 Å². The highest BCUT2D eigenvalue weighted by molar-refractivity contribution is 6.31. The van der Waals surface area contributed by atoms with Crippen molar-refractivity contribution < 1.29 is 27.9 Å². The molecule has 0 saturated carbocycles. The number of nitrogens with zero attached hydrogens (tertiary/aromatic N) is 1. The lowest BCUT2D eigenvalue weighted by molar-refractivity contribution is -0.117. The summed E-state index contributed by atoms with van der Waals surface area (Å²) in [5.41, 5.74) is 3.78. The Morgan fingerprint density at radius 1 is 1.03 bits per heavy atom. The number of amides is 2. The number of carbonyl (C=O) groups is 3. The quantitative estimate of drug-likeness (QED) is 0.408. The van der Waals surface area contributed by atoms with Crippen molar-refractivity contribution in [2.24, 2.45) is 0 Å². The van der Waals surface area contributed by atoms with Crippen molar-refractivity contribution in [1.82, 2.24) is 5.43 Å². The van der Waals surface area contributed by atoms with E-state index in [2.05, 4.69) is 10.2 Å². The van der Waals surface area contributed by atoms with E-state index in [1.807, 2.05) is 0 Å². The maximum Gasteiger partial charge on any atom is 0.337 e. The lowest BCUT2D eigenvalue weighted by Gasteiger charge is -2.14. The van der Waals surface area contributed by atoms with Gasteiger partial charge in [0.2, 0.25) is 0 Å². The second-order valence-corrected chi connectivity index (χ2v) is 6.39. The summed E-state index contributed by atoms with van der Waals surface area (Å²) < 4.78 is 23.5. The molecular formula is C22H15FN2O5. The number of nitrogens with one attached hydrogen (secondary N) is 1. The van der Waals surface area contributed by atoms with E-state index in [-0.39, 0.29) is 5.57 Å². The van der Waals surface area contributed by atoms with Crippen LogP contribution in [-0.2, 0) is 14.3 Å². The maximum absolute atomic E-state index is 13.1. The van der Waals surface area contributed by atoms with Crippen molar-refractivity contribution >= 4 is 29.5 Å². The number of ether oxygens (including phenoxy) is 1. The number of furan rings is 1. The van der Waals surface area contributed by atoms with Crippen LogP contribution in [-0.4, -0.2) is 24.9 Å². The summed E-state index contributed by atoms with van der Waals surface area (Å²) in [5, 5.41) is 1.04. The largest absolute Gasteiger partial charge is 0.465 e. The molecule has 1 saturated heterocycles. The second kappa shape index (κ2) is 7.67. The average Bonchev–Trinajstić information content (AvgIpc) is 3.34. The van der Waals surface area contributed by atoms with Crippen LogP contribution in [0.3, 0.4) is 0 Å². The summed E-state index contributed by atoms with van der Waals surface area (Å²) in [4.78, 5) is 36.4. The molecule has 8 heteroatoms. The maximum atomic E-state index is 13.1. The van der Waals surface area contributed by atoms with Crippen molar-refractivity contribution in [3.8, 4) is 11.3 Å². The van der Waals surface area contributed by atoms with Gasteiger partial charge in [0, 0.05) is 5.56 Å². The molecule has 2 heterocycles. The standard InChI is InChI=1S/C22H15FN2O5/c1-29-22(28)14-4-2-13(3-5-14)19-11-10-17(30-19)12-18-20(26)24-25(21(18)27)16-8-6-15(23)7-9-16/h2-12H,1H3,(H,24,26). The van der Waals surface area contributed by atoms with Crippen LogP contribution >= 0.6 is 0 Å². The highest BCUT2D eigenvalue weighted by Gasteiger charge is 2.34. The predicted octanol–water partition coefficient (Wildman–Crippen LogP) is 3.33. The molecular weight excluding hydrogens is 391 g/mol. The summed E-state index contributed by atoms with van der Waals surface area (Å²) in [6.07, 6.45) is 1.34. The van der Waals surface area contributed by atoms with Crippen LogP contribution in [0.15, 0.2) is 70.7 Å². The number of carbonyl (C=O) groups excluding carboxylic acids is 3. The summed E-state index contributed by atoms with van der Waals surface area (Å²) >= 11 is 0. The molecule has 30 heavy (non-hydrogen) atoms. The highest BCUT2D eigenvalue weighted by atomic mass is 19.1. The van der Waals surface area contributed by atoms with Crippen molar-refractivity contribution in [1.29, 1.82) is 0 Å². The Morgan fingerprint density at radius 2 is 1.73 bits per heavy atom. The molecule has 1 aliphatic rings. The zero-order chi connectivity index (χ0) is 21.3. The third-order valence-electron chi connectivity index (χ3n) is 4.48. The van der Waals surface area contributed by atoms with E-state index in [1.165, 1.54) is 37.5 Å². The molecule has 0 aliphatic carbocycles. The fourth-order valence-corrected chi connectivity index (χ4v) is 2.95. The molecule has 0 bridgehead atoms. The van der Waals surface area contributed by atoms with Gasteiger partial charge in [-0.15, -0.1) is 0 Å². The predicted molar refractivity (Wildman–Crippen MR) is 105 cm³/mol. The minimum atomic E-state index is -0.593. The highest BCUT2D eigenvalue weighted by Crippen LogP contribution is 2.26. The molecule has 0 spiro atoms. The first-order chi connectivity index (χ1) is 14.5. The van der Waals surface area contributed by atoms with E-state index in [0.717, 1.165) is 5.01 Å². The number of esters is 1. The Labute approximate surface area is 170 Å². The van der Waals surface area contributed by atoms with Gasteiger partial charge in [0.05, 0.1) is 18.4 Å². The number of hydrazine groups is 1. The van der Waals surface area contributed by atoms with Gasteiger partial charge >= 0.3 is 5.97 Å². The topological polar surface area (TPSA) is 88.9 Å². The molecule has 0 atom stereocenters. The lowest BCUT2D eigenvalue weighted by atomic mass is 10.1. The molecule has 150 valence electrons. The number of anilines is 1. The second-order valence-electron chi connectivity index (χ2n) is 6.39. The summed E-state index contributed by atoms with van der Waals surface area (Å²) in [5.74, 6) is -1.25. The van der Waals surface area contributed by atoms with Crippen molar-refractivity contribution in [3.63, 3.8) is 0 Å². The van der Waals surface area contributed by atoms with Gasteiger partial charge in [-0.3, -0.25) is 15.0 Å². The molecule has 0 radical (unpaired) electrons. The average molecular weight is 406 g/mol. The molecule has 1 N–H and O–H groups in total. The number of rotatable bonds is 4. The fraction of sp³-hybridized carbons (Fsp3) is 0.0455. The molecule has 1 aliphatic heterocycles. The molecule has 0 unspecified atom stereocenters. The molecule has 1 fully saturated rings. The molecule has 3 aromatic rings. The van der Waals surface area contributed by atoms with E-state index in [4.69, 9.17) is 4.42 Å². The van der Waals surface area contributed by atoms with Crippen LogP contribution in [0.1, 0.15) is 16.1 Å². The summed E-state index contributed by atoms with van der Waals surface area (Å²) in [6, 6.07) is 15.1. The molecule has 1 aromatic heterocycles. The van der Waals surface area contributed by atoms with Crippen LogP contribution in [0.4, 0.5) is 10.1 Å². The number of halogens is 1. The van der Waals surface area contributed by atoms with Crippen LogP contribution in [0, 0.1) is 5.82 Å². The fourth-order valence-electron chi connectivity index (χ4n) is 2.95. The normalized spacial score (nSPS) is 14.9. The Kier molecular flexibility index (Phi) is 4.89. The van der Waals surface area contributed by atoms with Crippen LogP contribution in [0.25, 0.3) is 17.4 Å². The van der Waals surface area contributed by atoms with Crippen LogP contribution in [0.5, 0.6) is 0 Å². The molecule has 2 amide bonds. The Bertz CT molecular complexity index is 1160. The lowest BCUT2D eigenvalue weighted by Crippen LogP contribution is -2.35. The SMILES string of the molecule is COC(=O)c1ccc(-c2ccc(C=C3C(=O)NN(c4ccc(F)cc4)C3=O)o2)cc1. The van der Waals surface area contributed by atoms with Gasteiger partial charge in [0.1, 0.15) is 22.9 Å². The van der Waals surface area contributed by atoms with Gasteiger partial charge < -0.3 is 9.15 Å². The third kappa shape index (κ3) is 3.58. The first kappa shape index (κ1) is 19.1. The minimum Gasteiger partial charge on any atom is -0.465 e. The van der Waals surface area contributed by atoms with Gasteiger partial charge in [0.25, 0.3) is 11.8 Å². The Hall–Kier alpha value is -4.20. The number of hydrogen-bond acceptors (Lipinski definition) is 5. The van der Waals surface area contributed by atoms with E-state index in [1.54, 1.807) is 36.4 Å². The Balaban J connectivity index is 1.56. The number of methoxy groups -OCH3 is 1. The van der Waals surface area contributed by atoms with Crippen molar-refractivity contribution in [2.75, 3.05) is 12.1 Å². The third-order valence-corrected chi connectivity index (χ3v) is 4.48. The van der Waals surface area contributed by atoms with Gasteiger partial charge in [-0.25, -0.2) is 14.2 Å². The van der Waals surface area contributed by atoms with E-state index >= 15 is 0 Å². The molecule has 4 rings (SSSR count). The Morgan fingerprint density at radius 3 is 2.40 bits per heavy atom. The first-order valence-corrected chi connectivity index (χ1v) is 8.87.